The number of likely N-dealkylation sites (tertiary alicyclic amines) is 1. The lowest BCUT2D eigenvalue weighted by Crippen LogP contribution is -2.55. The minimum absolute atomic E-state index is 0.000865. The Bertz CT molecular complexity index is 1720. The summed E-state index contributed by atoms with van der Waals surface area (Å²) in [7, 11) is -4.17. The van der Waals surface area contributed by atoms with Crippen LogP contribution in [0.4, 0.5) is 0 Å². The Morgan fingerprint density at radius 2 is 1.72 bits per heavy atom. The summed E-state index contributed by atoms with van der Waals surface area (Å²) in [5.41, 5.74) is 6.67. The van der Waals surface area contributed by atoms with Gasteiger partial charge in [-0.1, -0.05) is 60.7 Å². The molecule has 2 fully saturated rings. The van der Waals surface area contributed by atoms with Crippen molar-refractivity contribution >= 4 is 44.5 Å². The number of ether oxygens (including phenoxy) is 2. The molecule has 0 spiro atoms. The van der Waals surface area contributed by atoms with Crippen molar-refractivity contribution in [3.63, 3.8) is 0 Å². The van der Waals surface area contributed by atoms with E-state index in [0.29, 0.717) is 26.2 Å². The van der Waals surface area contributed by atoms with Gasteiger partial charge in [-0.15, -0.1) is 0 Å². The van der Waals surface area contributed by atoms with Gasteiger partial charge < -0.3 is 35.4 Å². The van der Waals surface area contributed by atoms with E-state index in [2.05, 4.69) is 10.0 Å². The summed E-state index contributed by atoms with van der Waals surface area (Å²) in [6, 6.07) is 20.5. The molecule has 2 aliphatic rings. The monoisotopic (exact) mass is 710 g/mol. The number of rotatable bonds is 12. The molecule has 2 saturated heterocycles. The van der Waals surface area contributed by atoms with Crippen LogP contribution in [0.15, 0.2) is 77.7 Å². The molecule has 0 aliphatic carbocycles. The Labute approximate surface area is 292 Å². The van der Waals surface area contributed by atoms with Crippen molar-refractivity contribution in [2.24, 2.45) is 11.7 Å². The van der Waals surface area contributed by atoms with Gasteiger partial charge in [0.1, 0.15) is 6.04 Å². The second-order valence-electron chi connectivity index (χ2n) is 12.3. The van der Waals surface area contributed by atoms with Crippen molar-refractivity contribution in [2.75, 3.05) is 45.9 Å². The van der Waals surface area contributed by atoms with E-state index in [4.69, 9.17) is 30.5 Å². The third-order valence-corrected chi connectivity index (χ3v) is 9.80. The second kappa shape index (κ2) is 18.4. The maximum atomic E-state index is 13.9. The summed E-state index contributed by atoms with van der Waals surface area (Å²) in [4.78, 5) is 39.4. The molecule has 3 atom stereocenters. The van der Waals surface area contributed by atoms with Gasteiger partial charge in [0.2, 0.25) is 21.8 Å². The normalized spacial score (nSPS) is 18.4. The lowest BCUT2D eigenvalue weighted by Gasteiger charge is -2.35. The summed E-state index contributed by atoms with van der Waals surface area (Å²) < 4.78 is 41.4. The Hall–Kier alpha value is -4.57. The van der Waals surface area contributed by atoms with Crippen LogP contribution in [0.1, 0.15) is 31.7 Å². The predicted molar refractivity (Wildman–Crippen MR) is 188 cm³/mol. The number of amides is 2. The van der Waals surface area contributed by atoms with E-state index in [1.807, 2.05) is 54.6 Å². The summed E-state index contributed by atoms with van der Waals surface area (Å²) >= 11 is 0. The molecule has 3 aromatic rings. The number of nitrogens with zero attached hydrogens (tertiary/aromatic N) is 2. The van der Waals surface area contributed by atoms with Crippen LogP contribution in [0.2, 0.25) is 0 Å². The first-order valence-corrected chi connectivity index (χ1v) is 18.0. The summed E-state index contributed by atoms with van der Waals surface area (Å²) in [5.74, 6) is -1.70. The molecule has 6 N–H and O–H groups in total. The number of aliphatic carboxylic acids is 1. The number of carboxylic acid groups (broad SMARTS) is 1. The Morgan fingerprint density at radius 1 is 1.02 bits per heavy atom. The number of nitrogens with one attached hydrogen (secondary N) is 3. The third-order valence-electron chi connectivity index (χ3n) is 8.33. The van der Waals surface area contributed by atoms with E-state index >= 15 is 0 Å². The molecule has 5 rings (SSSR count). The average Bonchev–Trinajstić information content (AvgIpc) is 3.10. The Balaban J connectivity index is 0.00000133. The van der Waals surface area contributed by atoms with Crippen molar-refractivity contribution in [1.29, 1.82) is 5.41 Å². The highest BCUT2D eigenvalue weighted by atomic mass is 32.2. The van der Waals surface area contributed by atoms with Crippen LogP contribution in [0, 0.1) is 11.3 Å². The molecular formula is C35H46N6O8S. The SMILES string of the molecule is CC(=O)O.N=C(N)N1CCCC(CNC(=O)C[C@H](NS(=O)(=O)c2ccc3ccccc3c2)C(=O)N2CCOC(COCc3ccccc3)C2)C1. The maximum Gasteiger partial charge on any atom is 0.300 e. The van der Waals surface area contributed by atoms with E-state index < -0.39 is 40.0 Å². The number of carbonyl (C=O) groups excluding carboxylic acids is 2. The van der Waals surface area contributed by atoms with Crippen LogP contribution in [0.25, 0.3) is 10.8 Å². The van der Waals surface area contributed by atoms with Crippen molar-refractivity contribution < 1.29 is 37.4 Å². The van der Waals surface area contributed by atoms with Crippen molar-refractivity contribution in [3.05, 3.63) is 78.4 Å². The molecule has 2 aliphatic heterocycles. The highest BCUT2D eigenvalue weighted by Gasteiger charge is 2.34. The molecule has 2 heterocycles. The van der Waals surface area contributed by atoms with Gasteiger partial charge in [0.05, 0.1) is 37.2 Å². The van der Waals surface area contributed by atoms with Gasteiger partial charge in [0.15, 0.2) is 5.96 Å². The first-order chi connectivity index (χ1) is 23.9. The number of sulfonamides is 1. The van der Waals surface area contributed by atoms with Gasteiger partial charge in [-0.05, 0) is 47.2 Å². The third kappa shape index (κ3) is 11.8. The molecule has 50 heavy (non-hydrogen) atoms. The number of piperidine rings is 1. The van der Waals surface area contributed by atoms with E-state index in [9.17, 15) is 18.0 Å². The molecule has 14 nitrogen and oxygen atoms in total. The quantitative estimate of drug-likeness (QED) is 0.137. The molecule has 0 aromatic heterocycles. The van der Waals surface area contributed by atoms with Gasteiger partial charge >= 0.3 is 0 Å². The van der Waals surface area contributed by atoms with Crippen molar-refractivity contribution in [1.82, 2.24) is 19.8 Å². The number of fused-ring (bicyclic) bond motifs is 1. The number of carbonyl (C=O) groups is 3. The van der Waals surface area contributed by atoms with Gasteiger partial charge in [-0.2, -0.15) is 4.72 Å². The first-order valence-electron chi connectivity index (χ1n) is 16.5. The van der Waals surface area contributed by atoms with Gasteiger partial charge in [-0.3, -0.25) is 19.8 Å². The summed E-state index contributed by atoms with van der Waals surface area (Å²) in [6.07, 6.45) is 0.938. The largest absolute Gasteiger partial charge is 0.481 e. The van der Waals surface area contributed by atoms with Gasteiger partial charge in [0.25, 0.3) is 5.97 Å². The van der Waals surface area contributed by atoms with Gasteiger partial charge in [0, 0.05) is 39.6 Å². The first kappa shape index (κ1) is 38.2. The van der Waals surface area contributed by atoms with Crippen molar-refractivity contribution in [3.8, 4) is 0 Å². The molecular weight excluding hydrogens is 664 g/mol. The van der Waals surface area contributed by atoms with Crippen LogP contribution in [-0.4, -0.2) is 105 Å². The fraction of sp³-hybridized carbons (Fsp3) is 0.429. The maximum absolute atomic E-state index is 13.9. The molecule has 0 bridgehead atoms. The number of carboxylic acids is 1. The average molecular weight is 711 g/mol. The second-order valence-corrected chi connectivity index (χ2v) is 14.0. The molecule has 2 unspecified atom stereocenters. The lowest BCUT2D eigenvalue weighted by molar-refractivity contribution is -0.144. The van der Waals surface area contributed by atoms with Crippen LogP contribution in [0.3, 0.4) is 0 Å². The molecule has 15 heteroatoms. The Morgan fingerprint density at radius 3 is 2.44 bits per heavy atom. The molecule has 2 amide bonds. The minimum Gasteiger partial charge on any atom is -0.481 e. The minimum atomic E-state index is -4.17. The zero-order valence-electron chi connectivity index (χ0n) is 28.1. The fourth-order valence-corrected chi connectivity index (χ4v) is 7.08. The number of guanidine groups is 1. The number of hydrogen-bond acceptors (Lipinski definition) is 8. The number of benzene rings is 3. The highest BCUT2D eigenvalue weighted by molar-refractivity contribution is 7.89. The van der Waals surface area contributed by atoms with E-state index in [1.54, 1.807) is 17.0 Å². The van der Waals surface area contributed by atoms with Crippen LogP contribution < -0.4 is 15.8 Å². The zero-order valence-corrected chi connectivity index (χ0v) is 28.9. The molecule has 3 aromatic carbocycles. The number of hydrogen-bond donors (Lipinski definition) is 5. The van der Waals surface area contributed by atoms with E-state index in [0.717, 1.165) is 36.1 Å². The van der Waals surface area contributed by atoms with Crippen molar-refractivity contribution in [2.45, 2.75) is 49.8 Å². The van der Waals surface area contributed by atoms with E-state index in [-0.39, 0.29) is 49.5 Å². The molecule has 0 radical (unpaired) electrons. The van der Waals surface area contributed by atoms with Gasteiger partial charge in [-0.25, -0.2) is 8.42 Å². The Kier molecular flexibility index (Phi) is 14.1. The number of nitrogens with two attached hydrogens (primary N) is 1. The summed E-state index contributed by atoms with van der Waals surface area (Å²) in [5, 5.41) is 19.6. The number of morpholine rings is 1. The molecule has 0 saturated carbocycles. The fourth-order valence-electron chi connectivity index (χ4n) is 5.86. The highest BCUT2D eigenvalue weighted by Crippen LogP contribution is 2.20. The predicted octanol–water partition coefficient (Wildman–Crippen LogP) is 2.13. The summed E-state index contributed by atoms with van der Waals surface area (Å²) in [6.45, 7) is 4.03. The standard InChI is InChI=1S/C33H42N6O6S.C2H4O2/c34-33(35)39-14-6-9-25(20-39)19-36-31(40)18-30(37-46(42,43)29-13-12-26-10-4-5-11-27(26)17-29)32(41)38-15-16-45-28(21-38)23-44-22-24-7-2-1-3-8-24;1-2(3)4/h1-5,7-8,10-13,17,25,28,30,37H,6,9,14-16,18-23H2,(H3,34,35)(H,36,40);1H3,(H,3,4)/t25?,28?,30-;/m0./s1. The van der Waals surface area contributed by atoms with E-state index in [1.165, 1.54) is 11.0 Å². The molecule has 270 valence electrons. The smallest absolute Gasteiger partial charge is 0.300 e. The van der Waals surface area contributed by atoms with Crippen LogP contribution in [-0.2, 0) is 40.5 Å². The van der Waals surface area contributed by atoms with Crippen LogP contribution in [0.5, 0.6) is 0 Å². The lowest BCUT2D eigenvalue weighted by atomic mass is 9.98. The zero-order chi connectivity index (χ0) is 36.1. The van der Waals surface area contributed by atoms with Crippen LogP contribution >= 0.6 is 0 Å². The topological polar surface area (TPSA) is 204 Å².